The quantitative estimate of drug-likeness (QED) is 0.181. The highest BCUT2D eigenvalue weighted by Crippen LogP contribution is 2.36. The Kier molecular flexibility index (Phi) is 9.03. The fraction of sp³-hybridized carbons (Fsp3) is 0.265. The van der Waals surface area contributed by atoms with Crippen molar-refractivity contribution < 1.29 is 24.5 Å². The highest BCUT2D eigenvalue weighted by Gasteiger charge is 2.48. The van der Waals surface area contributed by atoms with Crippen molar-refractivity contribution >= 4 is 52.3 Å². The molecular formula is C34H32ClN7O5S. The minimum Gasteiger partial charge on any atom is -0.388 e. The van der Waals surface area contributed by atoms with E-state index in [-0.39, 0.29) is 31.2 Å². The molecule has 3 amide bonds. The van der Waals surface area contributed by atoms with Gasteiger partial charge in [-0.2, -0.15) is 0 Å². The van der Waals surface area contributed by atoms with Crippen LogP contribution in [0, 0.1) is 0 Å². The number of hydrogen-bond acceptors (Lipinski definition) is 10. The molecule has 0 spiro atoms. The van der Waals surface area contributed by atoms with E-state index in [1.807, 2.05) is 78.9 Å². The van der Waals surface area contributed by atoms with Gasteiger partial charge in [0.25, 0.3) is 5.91 Å². The first-order valence-corrected chi connectivity index (χ1v) is 16.6. The van der Waals surface area contributed by atoms with Crippen molar-refractivity contribution in [3.05, 3.63) is 108 Å². The molecule has 5 atom stereocenters. The minimum atomic E-state index is -1.31. The number of imidazole rings is 1. The number of aliphatic hydroxyl groups is 2. The molecule has 14 heteroatoms. The number of halogens is 1. The molecule has 0 radical (unpaired) electrons. The van der Waals surface area contributed by atoms with Gasteiger partial charge in [0, 0.05) is 34.3 Å². The summed E-state index contributed by atoms with van der Waals surface area (Å²) in [4.78, 5) is 45.1. The lowest BCUT2D eigenvalue weighted by Crippen LogP contribution is -2.37. The zero-order valence-electron chi connectivity index (χ0n) is 25.5. The number of benzene rings is 3. The average Bonchev–Trinajstić information content (AvgIpc) is 3.71. The summed E-state index contributed by atoms with van der Waals surface area (Å²) in [6.45, 7) is 0.207. The fourth-order valence-electron chi connectivity index (χ4n) is 6.17. The lowest BCUT2D eigenvalue weighted by atomic mass is 10.0. The van der Waals surface area contributed by atoms with Gasteiger partial charge < -0.3 is 25.6 Å². The first-order valence-electron chi connectivity index (χ1n) is 15.4. The second-order valence-corrected chi connectivity index (χ2v) is 13.2. The predicted molar refractivity (Wildman–Crippen MR) is 179 cm³/mol. The molecule has 4 N–H and O–H groups in total. The molecule has 2 aromatic heterocycles. The Balaban J connectivity index is 1.10. The van der Waals surface area contributed by atoms with Crippen LogP contribution in [-0.2, 0) is 22.5 Å². The van der Waals surface area contributed by atoms with Crippen LogP contribution < -0.4 is 5.73 Å². The lowest BCUT2D eigenvalue weighted by Gasteiger charge is -2.23. The van der Waals surface area contributed by atoms with Gasteiger partial charge in [0.2, 0.25) is 0 Å². The molecule has 5 aromatic rings. The maximum absolute atomic E-state index is 14.0. The summed E-state index contributed by atoms with van der Waals surface area (Å²) in [6, 6.07) is 23.8. The van der Waals surface area contributed by atoms with E-state index in [2.05, 4.69) is 15.0 Å². The topological polar surface area (TPSA) is 160 Å². The number of aromatic nitrogens is 4. The maximum atomic E-state index is 14.0. The number of fused-ring (bicyclic) bond motifs is 1. The maximum Gasteiger partial charge on any atom is 0.327 e. The molecule has 2 saturated heterocycles. The van der Waals surface area contributed by atoms with Gasteiger partial charge in [0.1, 0.15) is 30.1 Å². The number of aliphatic hydroxyl groups excluding tert-OH is 2. The number of amides is 3. The van der Waals surface area contributed by atoms with Crippen LogP contribution in [0.25, 0.3) is 11.2 Å². The molecule has 3 aromatic carbocycles. The van der Waals surface area contributed by atoms with Gasteiger partial charge in [-0.25, -0.2) is 19.7 Å². The van der Waals surface area contributed by atoms with E-state index in [0.29, 0.717) is 22.6 Å². The molecule has 12 nitrogen and oxygen atoms in total. The smallest absolute Gasteiger partial charge is 0.327 e. The number of imide groups is 1. The molecule has 2 aliphatic heterocycles. The second kappa shape index (κ2) is 13.5. The normalized spacial score (nSPS) is 22.7. The first-order chi connectivity index (χ1) is 23.3. The van der Waals surface area contributed by atoms with Crippen molar-refractivity contribution in [2.75, 3.05) is 12.3 Å². The number of urea groups is 1. The third-order valence-electron chi connectivity index (χ3n) is 8.67. The molecule has 246 valence electrons. The van der Waals surface area contributed by atoms with Crippen LogP contribution in [0.4, 0.5) is 10.6 Å². The molecule has 2 fully saturated rings. The second-order valence-electron chi connectivity index (χ2n) is 11.7. The zero-order chi connectivity index (χ0) is 33.4. The van der Waals surface area contributed by atoms with Gasteiger partial charge in [-0.05, 0) is 47.9 Å². The van der Waals surface area contributed by atoms with Gasteiger partial charge in [0.15, 0.2) is 17.7 Å². The molecule has 0 bridgehead atoms. The highest BCUT2D eigenvalue weighted by molar-refractivity contribution is 7.99. The summed E-state index contributed by atoms with van der Waals surface area (Å²) in [5.74, 6) is -0.153. The Hall–Kier alpha value is -4.53. The van der Waals surface area contributed by atoms with Gasteiger partial charge in [-0.3, -0.25) is 14.3 Å². The number of carbonyl (C=O) groups excluding carboxylic acids is 2. The summed E-state index contributed by atoms with van der Waals surface area (Å²) in [6.07, 6.45) is -1.34. The van der Waals surface area contributed by atoms with Gasteiger partial charge in [-0.1, -0.05) is 71.9 Å². The standard InChI is InChI=1S/C34H32ClN7O5S/c35-22-10-12-23(13-11-22)48-26-9-5-4-8-21(26)17-41-24(16-20-6-2-1-3-7-20)32(45)40(34(41)46)15-14-25-28(43)29(44)33(47-25)42-19-39-27-30(36)37-18-38-31(27)42/h1-13,18-19,24-25,28-29,33,43-44H,14-17H2,(H2,36,37,38)/t24?,25-,28?,29-,33-/m1/s1. The SMILES string of the molecule is Nc1ncnc2c1ncn2[C@@H]1O[C@H](CCN2C(=O)C(Cc3ccccc3)N(Cc3ccccc3Sc3ccc(Cl)cc3)C2=O)C(O)[C@H]1O. The third kappa shape index (κ3) is 6.22. The number of nitrogens with zero attached hydrogens (tertiary/aromatic N) is 6. The van der Waals surface area contributed by atoms with Crippen LogP contribution in [0.15, 0.2) is 101 Å². The van der Waals surface area contributed by atoms with Gasteiger partial charge >= 0.3 is 6.03 Å². The Labute approximate surface area is 285 Å². The predicted octanol–water partition coefficient (Wildman–Crippen LogP) is 4.30. The number of rotatable bonds is 10. The molecule has 0 aliphatic carbocycles. The monoisotopic (exact) mass is 685 g/mol. The van der Waals surface area contributed by atoms with Crippen molar-refractivity contribution in [2.45, 2.75) is 59.8 Å². The number of nitrogen functional groups attached to an aromatic ring is 1. The van der Waals surface area contributed by atoms with Crippen molar-refractivity contribution in [2.24, 2.45) is 0 Å². The van der Waals surface area contributed by atoms with Crippen LogP contribution in [0.3, 0.4) is 0 Å². The number of hydrogen-bond donors (Lipinski definition) is 3. The highest BCUT2D eigenvalue weighted by atomic mass is 35.5. The average molecular weight is 686 g/mol. The van der Waals surface area contributed by atoms with E-state index in [9.17, 15) is 19.8 Å². The lowest BCUT2D eigenvalue weighted by molar-refractivity contribution is -0.128. The summed E-state index contributed by atoms with van der Waals surface area (Å²) >= 11 is 7.65. The summed E-state index contributed by atoms with van der Waals surface area (Å²) in [5.41, 5.74) is 8.43. The summed E-state index contributed by atoms with van der Waals surface area (Å²) in [5, 5.41) is 22.5. The van der Waals surface area contributed by atoms with Crippen LogP contribution in [-0.4, -0.2) is 82.4 Å². The van der Waals surface area contributed by atoms with Crippen molar-refractivity contribution in [1.82, 2.24) is 29.3 Å². The molecule has 7 rings (SSSR count). The van der Waals surface area contributed by atoms with E-state index in [1.165, 1.54) is 22.1 Å². The van der Waals surface area contributed by atoms with E-state index in [4.69, 9.17) is 22.1 Å². The van der Waals surface area contributed by atoms with Crippen LogP contribution in [0.2, 0.25) is 5.02 Å². The Bertz CT molecular complexity index is 1950. The molecule has 0 saturated carbocycles. The van der Waals surface area contributed by atoms with Gasteiger partial charge in [-0.15, -0.1) is 0 Å². The minimum absolute atomic E-state index is 0.0123. The molecular weight excluding hydrogens is 654 g/mol. The van der Waals surface area contributed by atoms with Crippen LogP contribution in [0.5, 0.6) is 0 Å². The first kappa shape index (κ1) is 32.0. The Morgan fingerprint density at radius 1 is 0.917 bits per heavy atom. The van der Waals surface area contributed by atoms with E-state index in [0.717, 1.165) is 20.9 Å². The van der Waals surface area contributed by atoms with Crippen molar-refractivity contribution in [3.8, 4) is 0 Å². The van der Waals surface area contributed by atoms with Gasteiger partial charge in [0.05, 0.1) is 12.4 Å². The molecule has 2 unspecified atom stereocenters. The number of nitrogens with two attached hydrogens (primary N) is 1. The number of carbonyl (C=O) groups is 2. The third-order valence-corrected chi connectivity index (χ3v) is 10.0. The Morgan fingerprint density at radius 2 is 1.67 bits per heavy atom. The van der Waals surface area contributed by atoms with Crippen LogP contribution >= 0.6 is 23.4 Å². The summed E-state index contributed by atoms with van der Waals surface area (Å²) in [7, 11) is 0. The molecule has 48 heavy (non-hydrogen) atoms. The largest absolute Gasteiger partial charge is 0.388 e. The van der Waals surface area contributed by atoms with E-state index in [1.54, 1.807) is 16.7 Å². The fourth-order valence-corrected chi connectivity index (χ4v) is 7.23. The zero-order valence-corrected chi connectivity index (χ0v) is 27.1. The van der Waals surface area contributed by atoms with E-state index < -0.39 is 36.6 Å². The Morgan fingerprint density at radius 3 is 2.46 bits per heavy atom. The number of ether oxygens (including phenoxy) is 1. The number of anilines is 1. The van der Waals surface area contributed by atoms with E-state index >= 15 is 0 Å². The summed E-state index contributed by atoms with van der Waals surface area (Å²) < 4.78 is 7.57. The molecule has 2 aliphatic rings. The van der Waals surface area contributed by atoms with Crippen molar-refractivity contribution in [3.63, 3.8) is 0 Å². The molecule has 4 heterocycles. The van der Waals surface area contributed by atoms with Crippen LogP contribution in [0.1, 0.15) is 23.8 Å². The van der Waals surface area contributed by atoms with Crippen molar-refractivity contribution in [1.29, 1.82) is 0 Å².